The summed E-state index contributed by atoms with van der Waals surface area (Å²) in [5.41, 5.74) is 0.786. The van der Waals surface area contributed by atoms with E-state index in [2.05, 4.69) is 15.4 Å². The van der Waals surface area contributed by atoms with Gasteiger partial charge in [-0.3, -0.25) is 14.9 Å². The number of hydrogen-bond donors (Lipinski definition) is 1. The number of aromatic nitrogens is 3. The maximum atomic E-state index is 13.1. The van der Waals surface area contributed by atoms with Crippen molar-refractivity contribution >= 4 is 33.7 Å². The van der Waals surface area contributed by atoms with Crippen LogP contribution in [0.1, 0.15) is 15.4 Å². The van der Waals surface area contributed by atoms with Crippen molar-refractivity contribution in [3.8, 4) is 16.3 Å². The molecule has 28 heavy (non-hydrogen) atoms. The lowest BCUT2D eigenvalue weighted by Gasteiger charge is -2.06. The SMILES string of the molecule is Cc1ccc(-c2csc(NC(=O)c3ccc(=O)n(-c4ccc(F)cc4)n3)n2)s1. The highest BCUT2D eigenvalue weighted by Crippen LogP contribution is 2.30. The zero-order valence-electron chi connectivity index (χ0n) is 14.5. The number of carbonyl (C=O) groups excluding carboxylic acids is 1. The van der Waals surface area contributed by atoms with Crippen molar-refractivity contribution in [1.29, 1.82) is 0 Å². The number of anilines is 1. The molecule has 4 aromatic rings. The summed E-state index contributed by atoms with van der Waals surface area (Å²) < 4.78 is 14.2. The van der Waals surface area contributed by atoms with Gasteiger partial charge in [-0.15, -0.1) is 22.7 Å². The summed E-state index contributed by atoms with van der Waals surface area (Å²) >= 11 is 2.93. The van der Waals surface area contributed by atoms with Crippen molar-refractivity contribution in [1.82, 2.24) is 14.8 Å². The number of rotatable bonds is 4. The van der Waals surface area contributed by atoms with Crippen molar-refractivity contribution in [2.75, 3.05) is 5.32 Å². The summed E-state index contributed by atoms with van der Waals surface area (Å²) in [5, 5.41) is 9.09. The normalized spacial score (nSPS) is 10.8. The minimum absolute atomic E-state index is 0.0487. The minimum atomic E-state index is -0.487. The van der Waals surface area contributed by atoms with E-state index in [4.69, 9.17) is 0 Å². The Morgan fingerprint density at radius 1 is 1.11 bits per heavy atom. The van der Waals surface area contributed by atoms with Crippen LogP contribution >= 0.6 is 22.7 Å². The zero-order valence-corrected chi connectivity index (χ0v) is 16.2. The van der Waals surface area contributed by atoms with Crippen LogP contribution in [-0.4, -0.2) is 20.7 Å². The number of thiophene rings is 1. The topological polar surface area (TPSA) is 76.9 Å². The van der Waals surface area contributed by atoms with Crippen LogP contribution in [0, 0.1) is 12.7 Å². The molecule has 0 saturated carbocycles. The maximum absolute atomic E-state index is 13.1. The van der Waals surface area contributed by atoms with Gasteiger partial charge in [0.15, 0.2) is 5.13 Å². The van der Waals surface area contributed by atoms with Crippen LogP contribution in [0.3, 0.4) is 0 Å². The number of aryl methyl sites for hydroxylation is 1. The minimum Gasteiger partial charge on any atom is -0.296 e. The molecular formula is C19H13FN4O2S2. The average Bonchev–Trinajstić information content (AvgIpc) is 3.32. The maximum Gasteiger partial charge on any atom is 0.277 e. The van der Waals surface area contributed by atoms with Crippen LogP contribution in [-0.2, 0) is 0 Å². The highest BCUT2D eigenvalue weighted by Gasteiger charge is 2.14. The summed E-state index contributed by atoms with van der Waals surface area (Å²) in [7, 11) is 0. The second-order valence-corrected chi connectivity index (χ2v) is 7.99. The Kier molecular flexibility index (Phi) is 4.84. The van der Waals surface area contributed by atoms with Gasteiger partial charge < -0.3 is 0 Å². The Morgan fingerprint density at radius 3 is 2.61 bits per heavy atom. The fourth-order valence-electron chi connectivity index (χ4n) is 2.48. The molecule has 0 unspecified atom stereocenters. The van der Waals surface area contributed by atoms with Gasteiger partial charge in [0.1, 0.15) is 11.5 Å². The van der Waals surface area contributed by atoms with E-state index >= 15 is 0 Å². The molecule has 140 valence electrons. The summed E-state index contributed by atoms with van der Waals surface area (Å²) in [6.45, 7) is 2.02. The lowest BCUT2D eigenvalue weighted by Crippen LogP contribution is -2.24. The molecule has 0 aliphatic heterocycles. The third-order valence-corrected chi connectivity index (χ3v) is 5.60. The molecule has 1 aromatic carbocycles. The molecule has 0 saturated heterocycles. The van der Waals surface area contributed by atoms with E-state index in [9.17, 15) is 14.0 Å². The van der Waals surface area contributed by atoms with Crippen molar-refractivity contribution < 1.29 is 9.18 Å². The molecule has 0 aliphatic carbocycles. The fourth-order valence-corrected chi connectivity index (χ4v) is 4.09. The Labute approximate surface area is 166 Å². The van der Waals surface area contributed by atoms with E-state index in [1.807, 2.05) is 24.4 Å². The molecule has 9 heteroatoms. The van der Waals surface area contributed by atoms with Crippen molar-refractivity contribution in [2.45, 2.75) is 6.92 Å². The lowest BCUT2D eigenvalue weighted by molar-refractivity contribution is 0.102. The quantitative estimate of drug-likeness (QED) is 0.547. The van der Waals surface area contributed by atoms with Crippen molar-refractivity contribution in [3.63, 3.8) is 0 Å². The molecule has 0 aliphatic rings. The van der Waals surface area contributed by atoms with E-state index in [-0.39, 0.29) is 5.69 Å². The molecule has 0 radical (unpaired) electrons. The van der Waals surface area contributed by atoms with Crippen molar-refractivity contribution in [3.05, 3.63) is 80.7 Å². The molecule has 4 rings (SSSR count). The number of thiazole rings is 1. The molecule has 3 aromatic heterocycles. The van der Waals surface area contributed by atoms with Gasteiger partial charge >= 0.3 is 0 Å². The highest BCUT2D eigenvalue weighted by molar-refractivity contribution is 7.17. The largest absolute Gasteiger partial charge is 0.296 e. The van der Waals surface area contributed by atoms with E-state index in [1.54, 1.807) is 11.3 Å². The van der Waals surface area contributed by atoms with Crippen LogP contribution in [0.25, 0.3) is 16.3 Å². The molecule has 0 bridgehead atoms. The first-order valence-electron chi connectivity index (χ1n) is 8.19. The number of amides is 1. The first kappa shape index (κ1) is 18.2. The highest BCUT2D eigenvalue weighted by atomic mass is 32.1. The van der Waals surface area contributed by atoms with Gasteiger partial charge in [0.25, 0.3) is 11.5 Å². The number of benzene rings is 1. The third kappa shape index (κ3) is 3.75. The van der Waals surface area contributed by atoms with Crippen LogP contribution in [0.4, 0.5) is 9.52 Å². The number of hydrogen-bond acceptors (Lipinski definition) is 6. The molecule has 1 amide bonds. The van der Waals surface area contributed by atoms with Gasteiger partial charge in [-0.25, -0.2) is 9.37 Å². The number of carbonyl (C=O) groups is 1. The second-order valence-electron chi connectivity index (χ2n) is 5.85. The van der Waals surface area contributed by atoms with E-state index in [0.29, 0.717) is 10.8 Å². The van der Waals surface area contributed by atoms with Crippen LogP contribution in [0.2, 0.25) is 0 Å². The monoisotopic (exact) mass is 412 g/mol. The standard InChI is InChI=1S/C19H13FN4O2S2/c1-11-2-8-16(28-11)15-10-27-19(21-15)22-18(26)14-7-9-17(25)24(23-14)13-5-3-12(20)4-6-13/h2-10H,1H3,(H,21,22,26). The summed E-state index contributed by atoms with van der Waals surface area (Å²) in [6.07, 6.45) is 0. The Hall–Kier alpha value is -3.17. The third-order valence-electron chi connectivity index (χ3n) is 3.82. The van der Waals surface area contributed by atoms with Gasteiger partial charge in [0.2, 0.25) is 0 Å². The Bertz CT molecular complexity index is 1210. The van der Waals surface area contributed by atoms with Gasteiger partial charge in [-0.2, -0.15) is 9.78 Å². The summed E-state index contributed by atoms with van der Waals surface area (Å²) in [6, 6.07) is 11.9. The summed E-state index contributed by atoms with van der Waals surface area (Å²) in [4.78, 5) is 31.2. The van der Waals surface area contributed by atoms with Gasteiger partial charge in [-0.1, -0.05) is 0 Å². The van der Waals surface area contributed by atoms with Gasteiger partial charge in [-0.05, 0) is 49.4 Å². The smallest absolute Gasteiger partial charge is 0.277 e. The Balaban J connectivity index is 1.57. The number of nitrogens with zero attached hydrogens (tertiary/aromatic N) is 3. The molecule has 0 spiro atoms. The van der Waals surface area contributed by atoms with Gasteiger partial charge in [0, 0.05) is 16.3 Å². The Morgan fingerprint density at radius 2 is 1.89 bits per heavy atom. The van der Waals surface area contributed by atoms with E-state index < -0.39 is 17.3 Å². The van der Waals surface area contributed by atoms with E-state index in [0.717, 1.165) is 15.3 Å². The van der Waals surface area contributed by atoms with Crippen LogP contribution in [0.15, 0.2) is 58.7 Å². The first-order chi connectivity index (χ1) is 13.5. The van der Waals surface area contributed by atoms with Crippen LogP contribution in [0.5, 0.6) is 0 Å². The second kappa shape index (κ2) is 7.45. The molecule has 3 heterocycles. The number of halogens is 1. The zero-order chi connectivity index (χ0) is 19.7. The predicted molar refractivity (Wildman–Crippen MR) is 108 cm³/mol. The van der Waals surface area contributed by atoms with E-state index in [1.165, 1.54) is 52.6 Å². The molecule has 0 atom stereocenters. The fraction of sp³-hybridized carbons (Fsp3) is 0.0526. The molecule has 1 N–H and O–H groups in total. The average molecular weight is 412 g/mol. The van der Waals surface area contributed by atoms with Crippen molar-refractivity contribution in [2.24, 2.45) is 0 Å². The molecular weight excluding hydrogens is 399 g/mol. The summed E-state index contributed by atoms with van der Waals surface area (Å²) in [5.74, 6) is -0.912. The number of nitrogens with one attached hydrogen (secondary N) is 1. The predicted octanol–water partition coefficient (Wildman–Crippen LogP) is 4.12. The molecule has 0 fully saturated rings. The molecule has 6 nitrogen and oxygen atoms in total. The first-order valence-corrected chi connectivity index (χ1v) is 9.89. The van der Waals surface area contributed by atoms with Gasteiger partial charge in [0.05, 0.1) is 16.3 Å². The lowest BCUT2D eigenvalue weighted by atomic mass is 10.3. The van der Waals surface area contributed by atoms with Crippen LogP contribution < -0.4 is 10.9 Å².